The van der Waals surface area contributed by atoms with Crippen molar-refractivity contribution >= 4 is 11.7 Å². The number of likely N-dealkylation sites (tertiary alicyclic amines) is 1. The van der Waals surface area contributed by atoms with Crippen LogP contribution in [0.3, 0.4) is 0 Å². The molecule has 1 amide bonds. The molecule has 1 saturated heterocycles. The normalized spacial score (nSPS) is 22.4. The van der Waals surface area contributed by atoms with Gasteiger partial charge in [0.15, 0.2) is 5.78 Å². The molecular weight excluding hydrogens is 227 g/mol. The lowest BCUT2D eigenvalue weighted by Crippen LogP contribution is -2.51. The molecule has 0 aromatic carbocycles. The Bertz CT molecular complexity index is 290. The van der Waals surface area contributed by atoms with Crippen LogP contribution in [0.4, 0.5) is 13.2 Å². The van der Waals surface area contributed by atoms with Gasteiger partial charge in [0.2, 0.25) is 0 Å². The van der Waals surface area contributed by atoms with Crippen molar-refractivity contribution in [2.24, 2.45) is 0 Å². The molecule has 0 saturated carbocycles. The molecule has 1 aliphatic heterocycles. The molecule has 0 aromatic heterocycles. The van der Waals surface area contributed by atoms with Crippen molar-refractivity contribution in [1.29, 1.82) is 0 Å². The number of nitrogens with zero attached hydrogens (tertiary/aromatic N) is 1. The van der Waals surface area contributed by atoms with Crippen LogP contribution in [-0.2, 0) is 14.3 Å². The lowest BCUT2D eigenvalue weighted by molar-refractivity contribution is -0.188. The Morgan fingerprint density at radius 1 is 1.56 bits per heavy atom. The zero-order valence-electron chi connectivity index (χ0n) is 8.71. The van der Waals surface area contributed by atoms with Crippen molar-refractivity contribution < 1.29 is 27.5 Å². The smallest absolute Gasteiger partial charge is 0.369 e. The summed E-state index contributed by atoms with van der Waals surface area (Å²) in [6.07, 6.45) is -5.91. The van der Waals surface area contributed by atoms with Crippen LogP contribution in [0.2, 0.25) is 0 Å². The third kappa shape index (κ3) is 2.94. The van der Waals surface area contributed by atoms with Crippen LogP contribution in [0, 0.1) is 0 Å². The van der Waals surface area contributed by atoms with Gasteiger partial charge in [-0.25, -0.2) is 0 Å². The summed E-state index contributed by atoms with van der Waals surface area (Å²) in [5.41, 5.74) is 0. The Morgan fingerprint density at radius 3 is 2.69 bits per heavy atom. The number of carbonyl (C=O) groups is 2. The highest BCUT2D eigenvalue weighted by Gasteiger charge is 2.44. The van der Waals surface area contributed by atoms with Crippen LogP contribution in [-0.4, -0.2) is 48.6 Å². The lowest BCUT2D eigenvalue weighted by Gasteiger charge is -2.31. The first kappa shape index (κ1) is 13.0. The number of hydrogen-bond donors (Lipinski definition) is 0. The van der Waals surface area contributed by atoms with E-state index >= 15 is 0 Å². The minimum atomic E-state index is -4.89. The molecule has 1 unspecified atom stereocenters. The molecule has 0 N–H and O–H groups in total. The number of ether oxygens (including phenoxy) is 1. The molecule has 1 atom stereocenters. The zero-order valence-corrected chi connectivity index (χ0v) is 8.71. The summed E-state index contributed by atoms with van der Waals surface area (Å²) in [7, 11) is 0. The topological polar surface area (TPSA) is 46.6 Å². The second kappa shape index (κ2) is 4.82. The molecular formula is C9H12F3NO3. The maximum atomic E-state index is 12.1. The van der Waals surface area contributed by atoms with E-state index in [1.165, 1.54) is 0 Å². The molecule has 0 bridgehead atoms. The fraction of sp³-hybridized carbons (Fsp3) is 0.778. The molecule has 4 nitrogen and oxygen atoms in total. The van der Waals surface area contributed by atoms with E-state index < -0.39 is 18.2 Å². The average Bonchev–Trinajstić information content (AvgIpc) is 2.19. The van der Waals surface area contributed by atoms with Gasteiger partial charge in [-0.1, -0.05) is 0 Å². The number of rotatable bonds is 2. The molecule has 0 aliphatic carbocycles. The molecule has 92 valence electrons. The third-order valence-electron chi connectivity index (χ3n) is 2.27. The largest absolute Gasteiger partial charge is 0.471 e. The van der Waals surface area contributed by atoms with Crippen molar-refractivity contribution in [3.05, 3.63) is 0 Å². The van der Waals surface area contributed by atoms with E-state index in [0.717, 1.165) is 0 Å². The van der Waals surface area contributed by atoms with Gasteiger partial charge in [0.1, 0.15) is 6.10 Å². The molecule has 1 rings (SSSR count). The first-order valence-electron chi connectivity index (χ1n) is 4.86. The molecule has 0 aromatic rings. The Balaban J connectivity index is 2.65. The maximum absolute atomic E-state index is 12.1. The van der Waals surface area contributed by atoms with Crippen LogP contribution in [0.1, 0.15) is 13.3 Å². The van der Waals surface area contributed by atoms with E-state index in [1.54, 1.807) is 6.92 Å². The van der Waals surface area contributed by atoms with Gasteiger partial charge in [0.25, 0.3) is 0 Å². The fourth-order valence-electron chi connectivity index (χ4n) is 1.51. The minimum Gasteiger partial charge on any atom is -0.369 e. The van der Waals surface area contributed by atoms with Gasteiger partial charge in [-0.15, -0.1) is 0 Å². The van der Waals surface area contributed by atoms with Crippen molar-refractivity contribution in [3.8, 4) is 0 Å². The van der Waals surface area contributed by atoms with Gasteiger partial charge >= 0.3 is 12.1 Å². The number of hydrogen-bond acceptors (Lipinski definition) is 3. The highest BCUT2D eigenvalue weighted by Crippen LogP contribution is 2.21. The summed E-state index contributed by atoms with van der Waals surface area (Å²) >= 11 is 0. The van der Waals surface area contributed by atoms with Crippen LogP contribution in [0.15, 0.2) is 0 Å². The van der Waals surface area contributed by atoms with E-state index in [9.17, 15) is 22.8 Å². The molecule has 1 heterocycles. The van der Waals surface area contributed by atoms with Crippen LogP contribution in [0.25, 0.3) is 0 Å². The van der Waals surface area contributed by atoms with Gasteiger partial charge in [0.05, 0.1) is 6.54 Å². The number of Topliss-reactive ketones (excluding diaryl/α,β-unsaturated/α-hetero) is 1. The summed E-state index contributed by atoms with van der Waals surface area (Å²) < 4.78 is 41.4. The third-order valence-corrected chi connectivity index (χ3v) is 2.27. The summed E-state index contributed by atoms with van der Waals surface area (Å²) in [4.78, 5) is 22.8. The highest BCUT2D eigenvalue weighted by atomic mass is 19.4. The summed E-state index contributed by atoms with van der Waals surface area (Å²) in [6, 6.07) is 0. The number of amides is 1. The van der Waals surface area contributed by atoms with Crippen LogP contribution >= 0.6 is 0 Å². The van der Waals surface area contributed by atoms with E-state index in [0.29, 0.717) is 4.90 Å². The standard InChI is InChI=1S/C9H12F3NO3/c1-2-16-7-5-13(4-3-6(7)14)8(15)9(10,11)12/h7H,2-5H2,1H3. The number of carbonyl (C=O) groups excluding carboxylic acids is 2. The first-order valence-corrected chi connectivity index (χ1v) is 4.86. The predicted octanol–water partition coefficient (Wildman–Crippen LogP) is 0.755. The van der Waals surface area contributed by atoms with Crippen LogP contribution < -0.4 is 0 Å². The lowest BCUT2D eigenvalue weighted by atomic mass is 10.1. The van der Waals surface area contributed by atoms with E-state index in [1.807, 2.05) is 0 Å². The van der Waals surface area contributed by atoms with Crippen molar-refractivity contribution in [3.63, 3.8) is 0 Å². The Labute approximate surface area is 90.3 Å². The van der Waals surface area contributed by atoms with E-state index in [4.69, 9.17) is 4.74 Å². The fourth-order valence-corrected chi connectivity index (χ4v) is 1.51. The average molecular weight is 239 g/mol. The van der Waals surface area contributed by atoms with E-state index in [-0.39, 0.29) is 31.9 Å². The number of halogens is 3. The second-order valence-corrected chi connectivity index (χ2v) is 3.41. The minimum absolute atomic E-state index is 0.0908. The Hall–Kier alpha value is -1.11. The SMILES string of the molecule is CCOC1CN(C(=O)C(F)(F)F)CCC1=O. The van der Waals surface area contributed by atoms with Crippen molar-refractivity contribution in [2.45, 2.75) is 25.6 Å². The Kier molecular flexibility index (Phi) is 3.90. The molecule has 7 heteroatoms. The number of ketones is 1. The number of piperidine rings is 1. The molecule has 0 radical (unpaired) electrons. The van der Waals surface area contributed by atoms with Crippen molar-refractivity contribution in [1.82, 2.24) is 4.90 Å². The first-order chi connectivity index (χ1) is 7.36. The summed E-state index contributed by atoms with van der Waals surface area (Å²) in [6.45, 7) is 1.36. The Morgan fingerprint density at radius 2 is 2.19 bits per heavy atom. The monoisotopic (exact) mass is 239 g/mol. The van der Waals surface area contributed by atoms with Gasteiger partial charge in [-0.05, 0) is 6.92 Å². The highest BCUT2D eigenvalue weighted by molar-refractivity contribution is 5.88. The molecule has 0 spiro atoms. The second-order valence-electron chi connectivity index (χ2n) is 3.41. The number of alkyl halides is 3. The van der Waals surface area contributed by atoms with Gasteiger partial charge in [-0.3, -0.25) is 9.59 Å². The predicted molar refractivity (Wildman–Crippen MR) is 47.7 cm³/mol. The van der Waals surface area contributed by atoms with Gasteiger partial charge < -0.3 is 9.64 Å². The maximum Gasteiger partial charge on any atom is 0.471 e. The quantitative estimate of drug-likeness (QED) is 0.714. The summed E-state index contributed by atoms with van der Waals surface area (Å²) in [5.74, 6) is -2.17. The van der Waals surface area contributed by atoms with Crippen LogP contribution in [0.5, 0.6) is 0 Å². The van der Waals surface area contributed by atoms with E-state index in [2.05, 4.69) is 0 Å². The zero-order chi connectivity index (χ0) is 12.3. The molecule has 1 fully saturated rings. The van der Waals surface area contributed by atoms with Gasteiger partial charge in [-0.2, -0.15) is 13.2 Å². The van der Waals surface area contributed by atoms with Crippen molar-refractivity contribution in [2.75, 3.05) is 19.7 Å². The molecule has 1 aliphatic rings. The summed E-state index contributed by atoms with van der Waals surface area (Å²) in [5, 5.41) is 0. The molecule has 16 heavy (non-hydrogen) atoms. The van der Waals surface area contributed by atoms with Gasteiger partial charge in [0, 0.05) is 19.6 Å².